The number of carbonyl (C=O) groups is 2. The molecule has 0 aliphatic carbocycles. The molecule has 0 unspecified atom stereocenters. The van der Waals surface area contributed by atoms with E-state index in [4.69, 9.17) is 4.74 Å². The van der Waals surface area contributed by atoms with Crippen molar-refractivity contribution < 1.29 is 18.7 Å². The molecular weight excluding hydrogens is 323 g/mol. The minimum atomic E-state index is -0.439. The first-order chi connectivity index (χ1) is 12.1. The van der Waals surface area contributed by atoms with E-state index >= 15 is 0 Å². The Hall–Kier alpha value is -2.89. The zero-order valence-corrected chi connectivity index (χ0v) is 13.7. The van der Waals surface area contributed by atoms with Gasteiger partial charge >= 0.3 is 6.09 Å². The van der Waals surface area contributed by atoms with Crippen molar-refractivity contribution in [1.82, 2.24) is 10.2 Å². The average Bonchev–Trinajstić information content (AvgIpc) is 2.63. The minimum Gasteiger partial charge on any atom is -0.410 e. The molecular formula is C19H19FN2O3. The molecule has 0 spiro atoms. The monoisotopic (exact) mass is 342 g/mol. The number of para-hydroxylation sites is 1. The van der Waals surface area contributed by atoms with Crippen LogP contribution in [-0.4, -0.2) is 36.0 Å². The number of benzene rings is 2. The molecule has 3 rings (SSSR count). The number of rotatable bonds is 3. The van der Waals surface area contributed by atoms with Crippen LogP contribution in [0.3, 0.4) is 0 Å². The van der Waals surface area contributed by atoms with Crippen LogP contribution in [0.25, 0.3) is 0 Å². The van der Waals surface area contributed by atoms with E-state index in [1.54, 1.807) is 35.2 Å². The maximum atomic E-state index is 13.2. The van der Waals surface area contributed by atoms with Gasteiger partial charge in [-0.05, 0) is 43.2 Å². The van der Waals surface area contributed by atoms with Crippen molar-refractivity contribution in [3.05, 3.63) is 66.0 Å². The summed E-state index contributed by atoms with van der Waals surface area (Å²) in [4.78, 5) is 25.9. The Morgan fingerprint density at radius 1 is 1.04 bits per heavy atom. The van der Waals surface area contributed by atoms with Crippen LogP contribution < -0.4 is 10.1 Å². The fourth-order valence-electron chi connectivity index (χ4n) is 2.76. The van der Waals surface area contributed by atoms with Gasteiger partial charge in [-0.1, -0.05) is 24.3 Å². The van der Waals surface area contributed by atoms with Gasteiger partial charge in [-0.2, -0.15) is 0 Å². The Balaban J connectivity index is 1.48. The molecule has 25 heavy (non-hydrogen) atoms. The zero-order chi connectivity index (χ0) is 17.6. The summed E-state index contributed by atoms with van der Waals surface area (Å²) < 4.78 is 18.5. The number of nitrogens with zero attached hydrogens (tertiary/aromatic N) is 1. The van der Waals surface area contributed by atoms with Gasteiger partial charge in [0, 0.05) is 24.7 Å². The molecule has 1 saturated heterocycles. The van der Waals surface area contributed by atoms with E-state index in [2.05, 4.69) is 5.32 Å². The van der Waals surface area contributed by atoms with Crippen LogP contribution in [-0.2, 0) is 0 Å². The standard InChI is InChI=1S/C19H19FN2O3/c20-15-6-4-5-14(13-15)18(23)21-16-9-11-22(12-10-16)19(24)25-17-7-2-1-3-8-17/h1-8,13,16H,9-12H2,(H,21,23). The van der Waals surface area contributed by atoms with Crippen molar-refractivity contribution in [2.75, 3.05) is 13.1 Å². The van der Waals surface area contributed by atoms with Crippen molar-refractivity contribution in [3.8, 4) is 5.75 Å². The van der Waals surface area contributed by atoms with Crippen LogP contribution in [0.4, 0.5) is 9.18 Å². The molecule has 1 N–H and O–H groups in total. The van der Waals surface area contributed by atoms with Crippen molar-refractivity contribution in [3.63, 3.8) is 0 Å². The second-order valence-corrected chi connectivity index (χ2v) is 5.93. The Morgan fingerprint density at radius 2 is 1.76 bits per heavy atom. The third-order valence-electron chi connectivity index (χ3n) is 4.12. The summed E-state index contributed by atoms with van der Waals surface area (Å²) in [5, 5.41) is 2.89. The zero-order valence-electron chi connectivity index (χ0n) is 13.7. The molecule has 0 radical (unpaired) electrons. The number of nitrogens with one attached hydrogen (secondary N) is 1. The van der Waals surface area contributed by atoms with E-state index in [0.717, 1.165) is 0 Å². The van der Waals surface area contributed by atoms with Gasteiger partial charge in [0.25, 0.3) is 5.91 Å². The van der Waals surface area contributed by atoms with Crippen LogP contribution in [0.1, 0.15) is 23.2 Å². The summed E-state index contributed by atoms with van der Waals surface area (Å²) in [5.74, 6) is -0.232. The van der Waals surface area contributed by atoms with Crippen molar-refractivity contribution in [2.24, 2.45) is 0 Å². The number of carbonyl (C=O) groups excluding carboxylic acids is 2. The molecule has 0 aromatic heterocycles. The highest BCUT2D eigenvalue weighted by Gasteiger charge is 2.25. The summed E-state index contributed by atoms with van der Waals surface area (Å²) in [6.07, 6.45) is 0.872. The SMILES string of the molecule is O=C(NC1CCN(C(=O)Oc2ccccc2)CC1)c1cccc(F)c1. The van der Waals surface area contributed by atoms with Gasteiger partial charge < -0.3 is 15.0 Å². The maximum Gasteiger partial charge on any atom is 0.415 e. The second-order valence-electron chi connectivity index (χ2n) is 5.93. The summed E-state index contributed by atoms with van der Waals surface area (Å²) >= 11 is 0. The highest BCUT2D eigenvalue weighted by Crippen LogP contribution is 2.15. The Bertz CT molecular complexity index is 743. The quantitative estimate of drug-likeness (QED) is 0.932. The van der Waals surface area contributed by atoms with Crippen molar-refractivity contribution in [2.45, 2.75) is 18.9 Å². The van der Waals surface area contributed by atoms with Crippen LogP contribution >= 0.6 is 0 Å². The Labute approximate surface area is 145 Å². The highest BCUT2D eigenvalue weighted by molar-refractivity contribution is 5.94. The molecule has 1 heterocycles. The predicted molar refractivity (Wildman–Crippen MR) is 90.9 cm³/mol. The van der Waals surface area contributed by atoms with Gasteiger partial charge in [0.1, 0.15) is 11.6 Å². The summed E-state index contributed by atoms with van der Waals surface area (Å²) in [7, 11) is 0. The molecule has 0 saturated carbocycles. The molecule has 2 amide bonds. The van der Waals surface area contributed by atoms with E-state index in [0.29, 0.717) is 37.2 Å². The van der Waals surface area contributed by atoms with Crippen LogP contribution in [0.2, 0.25) is 0 Å². The largest absolute Gasteiger partial charge is 0.415 e. The van der Waals surface area contributed by atoms with Gasteiger partial charge in [-0.25, -0.2) is 9.18 Å². The van der Waals surface area contributed by atoms with E-state index in [1.807, 2.05) is 6.07 Å². The first kappa shape index (κ1) is 17.0. The molecule has 0 atom stereocenters. The molecule has 1 aliphatic heterocycles. The van der Waals surface area contributed by atoms with Crippen LogP contribution in [0.15, 0.2) is 54.6 Å². The van der Waals surface area contributed by atoms with Gasteiger partial charge in [0.05, 0.1) is 0 Å². The maximum absolute atomic E-state index is 13.2. The van der Waals surface area contributed by atoms with E-state index < -0.39 is 5.82 Å². The topological polar surface area (TPSA) is 58.6 Å². The highest BCUT2D eigenvalue weighted by atomic mass is 19.1. The Kier molecular flexibility index (Phi) is 5.28. The molecule has 5 nitrogen and oxygen atoms in total. The molecule has 0 bridgehead atoms. The number of halogens is 1. The third-order valence-corrected chi connectivity index (χ3v) is 4.12. The molecule has 1 fully saturated rings. The molecule has 6 heteroatoms. The fourth-order valence-corrected chi connectivity index (χ4v) is 2.76. The van der Waals surface area contributed by atoms with Crippen LogP contribution in [0.5, 0.6) is 5.75 Å². The van der Waals surface area contributed by atoms with Crippen molar-refractivity contribution in [1.29, 1.82) is 0 Å². The molecule has 2 aromatic carbocycles. The lowest BCUT2D eigenvalue weighted by molar-refractivity contribution is 0.0909. The lowest BCUT2D eigenvalue weighted by Gasteiger charge is -2.31. The molecule has 130 valence electrons. The van der Waals surface area contributed by atoms with Gasteiger partial charge in [-0.15, -0.1) is 0 Å². The predicted octanol–water partition coefficient (Wildman–Crippen LogP) is 3.22. The molecule has 1 aliphatic rings. The lowest BCUT2D eigenvalue weighted by atomic mass is 10.0. The first-order valence-corrected chi connectivity index (χ1v) is 8.20. The first-order valence-electron chi connectivity index (χ1n) is 8.20. The van der Waals surface area contributed by atoms with Crippen molar-refractivity contribution >= 4 is 12.0 Å². The van der Waals surface area contributed by atoms with E-state index in [-0.39, 0.29) is 18.0 Å². The van der Waals surface area contributed by atoms with E-state index in [9.17, 15) is 14.0 Å². The average molecular weight is 342 g/mol. The summed E-state index contributed by atoms with van der Waals surface area (Å²) in [5.41, 5.74) is 0.297. The molecule has 2 aromatic rings. The van der Waals surface area contributed by atoms with Gasteiger partial charge in [0.15, 0.2) is 0 Å². The number of hydrogen-bond donors (Lipinski definition) is 1. The normalized spacial score (nSPS) is 14.8. The van der Waals surface area contributed by atoms with E-state index in [1.165, 1.54) is 18.2 Å². The number of ether oxygens (including phenoxy) is 1. The fraction of sp³-hybridized carbons (Fsp3) is 0.263. The van der Waals surface area contributed by atoms with Crippen LogP contribution in [0, 0.1) is 5.82 Å². The number of likely N-dealkylation sites (tertiary alicyclic amines) is 1. The number of hydrogen-bond acceptors (Lipinski definition) is 3. The van der Waals surface area contributed by atoms with Gasteiger partial charge in [0.2, 0.25) is 0 Å². The van der Waals surface area contributed by atoms with Gasteiger partial charge in [-0.3, -0.25) is 4.79 Å². The third kappa shape index (κ3) is 4.56. The summed E-state index contributed by atoms with van der Waals surface area (Å²) in [6, 6.07) is 14.5. The summed E-state index contributed by atoms with van der Waals surface area (Å²) in [6.45, 7) is 1.000. The second kappa shape index (κ2) is 7.79. The lowest BCUT2D eigenvalue weighted by Crippen LogP contribution is -2.47. The number of amides is 2. The number of piperidine rings is 1. The smallest absolute Gasteiger partial charge is 0.410 e. The Morgan fingerprint density at radius 3 is 2.44 bits per heavy atom. The minimum absolute atomic E-state index is 0.0449.